The highest BCUT2D eigenvalue weighted by Crippen LogP contribution is 2.47. The van der Waals surface area contributed by atoms with Crippen molar-refractivity contribution < 1.29 is 4.74 Å². The summed E-state index contributed by atoms with van der Waals surface area (Å²) in [6, 6.07) is 16.0. The van der Waals surface area contributed by atoms with Crippen LogP contribution >= 0.6 is 23.2 Å². The summed E-state index contributed by atoms with van der Waals surface area (Å²) in [4.78, 5) is 6.97. The predicted molar refractivity (Wildman–Crippen MR) is 129 cm³/mol. The lowest BCUT2D eigenvalue weighted by Gasteiger charge is -2.37. The van der Waals surface area contributed by atoms with E-state index in [1.54, 1.807) is 6.08 Å². The Morgan fingerprint density at radius 3 is 2.53 bits per heavy atom. The largest absolute Gasteiger partial charge is 0.494 e. The molecule has 0 amide bonds. The zero-order valence-corrected chi connectivity index (χ0v) is 19.5. The Hall–Kier alpha value is -3.02. The zero-order chi connectivity index (χ0) is 22.4. The number of nitrogens with zero attached hydrogens (tertiary/aromatic N) is 4. The van der Waals surface area contributed by atoms with E-state index in [-0.39, 0.29) is 6.04 Å². The number of ether oxygens (including phenoxy) is 1. The molecule has 1 aromatic heterocycles. The molecule has 0 fully saturated rings. The minimum Gasteiger partial charge on any atom is -0.494 e. The molecule has 0 radical (unpaired) electrons. The van der Waals surface area contributed by atoms with Crippen molar-refractivity contribution in [3.8, 4) is 11.4 Å². The van der Waals surface area contributed by atoms with Crippen molar-refractivity contribution in [1.82, 2.24) is 14.7 Å². The first-order chi connectivity index (χ1) is 15.5. The number of rotatable bonds is 4. The number of aryl methyl sites for hydroxylation is 2. The molecule has 2 aliphatic rings. The topological polar surface area (TPSA) is 42.6 Å². The number of benzene rings is 2. The molecule has 162 valence electrons. The highest BCUT2D eigenvalue weighted by Gasteiger charge is 2.39. The van der Waals surface area contributed by atoms with Crippen molar-refractivity contribution >= 4 is 34.9 Å². The molecule has 32 heavy (non-hydrogen) atoms. The maximum absolute atomic E-state index is 6.63. The van der Waals surface area contributed by atoms with Gasteiger partial charge in [-0.25, -0.2) is 9.67 Å². The molecule has 0 unspecified atom stereocenters. The summed E-state index contributed by atoms with van der Waals surface area (Å²) in [6.45, 7) is 6.62. The van der Waals surface area contributed by atoms with E-state index in [1.807, 2.05) is 60.0 Å². The Balaban J connectivity index is 1.78. The van der Waals surface area contributed by atoms with Crippen LogP contribution in [0.2, 0.25) is 0 Å². The van der Waals surface area contributed by atoms with E-state index in [4.69, 9.17) is 38.0 Å². The molecule has 0 N–H and O–H groups in total. The van der Waals surface area contributed by atoms with Gasteiger partial charge in [-0.15, -0.1) is 0 Å². The maximum Gasteiger partial charge on any atom is 0.164 e. The molecule has 0 saturated carbocycles. The molecule has 5 rings (SSSR count). The van der Waals surface area contributed by atoms with Gasteiger partial charge in [0.1, 0.15) is 5.75 Å². The van der Waals surface area contributed by atoms with E-state index in [0.29, 0.717) is 22.5 Å². The van der Waals surface area contributed by atoms with Crippen LogP contribution in [0, 0.1) is 13.8 Å². The highest BCUT2D eigenvalue weighted by molar-refractivity contribution is 6.45. The molecular formula is C25H22Cl2N4O. The maximum atomic E-state index is 6.63. The number of aliphatic imine (C=N–C) groups is 1. The first-order valence-electron chi connectivity index (χ1n) is 10.5. The number of para-hydroxylation sites is 1. The fourth-order valence-corrected chi connectivity index (χ4v) is 4.73. The Kier molecular flexibility index (Phi) is 5.31. The Labute approximate surface area is 197 Å². The summed E-state index contributed by atoms with van der Waals surface area (Å²) < 4.78 is 7.87. The summed E-state index contributed by atoms with van der Waals surface area (Å²) in [5.74, 6) is 2.20. The van der Waals surface area contributed by atoms with Crippen LogP contribution < -0.4 is 4.74 Å². The van der Waals surface area contributed by atoms with Crippen LogP contribution in [0.5, 0.6) is 5.75 Å². The molecule has 2 aliphatic heterocycles. The number of aromatic nitrogens is 2. The van der Waals surface area contributed by atoms with E-state index >= 15 is 0 Å². The van der Waals surface area contributed by atoms with Gasteiger partial charge in [-0.2, -0.15) is 5.10 Å². The number of hydrogen-bond donors (Lipinski definition) is 0. The quantitative estimate of drug-likeness (QED) is 0.440. The summed E-state index contributed by atoms with van der Waals surface area (Å²) in [5, 5.41) is 5.90. The summed E-state index contributed by atoms with van der Waals surface area (Å²) >= 11 is 13.1. The van der Waals surface area contributed by atoms with Gasteiger partial charge in [-0.05, 0) is 45.0 Å². The lowest BCUT2D eigenvalue weighted by Crippen LogP contribution is -2.36. The second kappa shape index (κ2) is 8.15. The van der Waals surface area contributed by atoms with E-state index < -0.39 is 0 Å². The van der Waals surface area contributed by atoms with Gasteiger partial charge >= 0.3 is 0 Å². The Morgan fingerprint density at radius 2 is 1.78 bits per heavy atom. The number of amidine groups is 1. The molecule has 0 spiro atoms. The molecule has 5 nitrogen and oxygen atoms in total. The Bertz CT molecular complexity index is 1290. The van der Waals surface area contributed by atoms with Crippen LogP contribution in [0.25, 0.3) is 5.69 Å². The van der Waals surface area contributed by atoms with Crippen LogP contribution in [0.15, 0.2) is 75.9 Å². The SMILES string of the molecule is CCOc1ccccc1[C@@H]1c2c(C)nn(-c3ccc(C)cc3)c2N=C2C(Cl)=CC(Cl)=CN21. The Morgan fingerprint density at radius 1 is 1.03 bits per heavy atom. The summed E-state index contributed by atoms with van der Waals surface area (Å²) in [6.07, 6.45) is 3.58. The first kappa shape index (κ1) is 20.9. The smallest absolute Gasteiger partial charge is 0.164 e. The van der Waals surface area contributed by atoms with Crippen LogP contribution in [-0.4, -0.2) is 27.1 Å². The lowest BCUT2D eigenvalue weighted by molar-refractivity contribution is 0.327. The third-order valence-corrected chi connectivity index (χ3v) is 6.11. The zero-order valence-electron chi connectivity index (χ0n) is 18.0. The van der Waals surface area contributed by atoms with E-state index in [0.717, 1.165) is 34.1 Å². The molecule has 0 aliphatic carbocycles. The normalized spacial score (nSPS) is 17.2. The van der Waals surface area contributed by atoms with Gasteiger partial charge < -0.3 is 9.64 Å². The van der Waals surface area contributed by atoms with Crippen molar-refractivity contribution in [2.75, 3.05) is 6.61 Å². The monoisotopic (exact) mass is 464 g/mol. The van der Waals surface area contributed by atoms with Crippen LogP contribution in [0.4, 0.5) is 5.82 Å². The molecule has 7 heteroatoms. The van der Waals surface area contributed by atoms with Crippen molar-refractivity contribution in [2.24, 2.45) is 4.99 Å². The van der Waals surface area contributed by atoms with Gasteiger partial charge in [0.25, 0.3) is 0 Å². The van der Waals surface area contributed by atoms with Crippen LogP contribution in [0.3, 0.4) is 0 Å². The number of hydrogen-bond acceptors (Lipinski definition) is 4. The van der Waals surface area contributed by atoms with E-state index in [1.165, 1.54) is 5.56 Å². The molecule has 0 bridgehead atoms. The third-order valence-electron chi connectivity index (χ3n) is 5.62. The molecule has 1 atom stereocenters. The minimum atomic E-state index is -0.240. The van der Waals surface area contributed by atoms with Gasteiger partial charge in [0.2, 0.25) is 0 Å². The average Bonchev–Trinajstić information content (AvgIpc) is 3.10. The van der Waals surface area contributed by atoms with Crippen LogP contribution in [-0.2, 0) is 0 Å². The van der Waals surface area contributed by atoms with Crippen molar-refractivity contribution in [2.45, 2.75) is 26.8 Å². The number of allylic oxidation sites excluding steroid dienone is 2. The highest BCUT2D eigenvalue weighted by atomic mass is 35.5. The third kappa shape index (κ3) is 3.42. The van der Waals surface area contributed by atoms with Crippen LogP contribution in [0.1, 0.15) is 35.3 Å². The first-order valence-corrected chi connectivity index (χ1v) is 11.2. The van der Waals surface area contributed by atoms with Crippen molar-refractivity contribution in [3.63, 3.8) is 0 Å². The average molecular weight is 465 g/mol. The van der Waals surface area contributed by atoms with E-state index in [9.17, 15) is 0 Å². The number of fused-ring (bicyclic) bond motifs is 2. The van der Waals surface area contributed by atoms with Crippen molar-refractivity contribution in [1.29, 1.82) is 0 Å². The molecule has 0 saturated heterocycles. The summed E-state index contributed by atoms with van der Waals surface area (Å²) in [7, 11) is 0. The lowest BCUT2D eigenvalue weighted by atomic mass is 9.94. The molecular weight excluding hydrogens is 443 g/mol. The summed E-state index contributed by atoms with van der Waals surface area (Å²) in [5.41, 5.74) is 5.01. The number of halogens is 2. The fraction of sp³-hybridized carbons (Fsp3) is 0.200. The predicted octanol–water partition coefficient (Wildman–Crippen LogP) is 6.54. The molecule has 3 aromatic rings. The van der Waals surface area contributed by atoms with Gasteiger partial charge in [0, 0.05) is 17.3 Å². The second-order valence-electron chi connectivity index (χ2n) is 7.79. The van der Waals surface area contributed by atoms with E-state index in [2.05, 4.69) is 25.1 Å². The van der Waals surface area contributed by atoms with Crippen molar-refractivity contribution in [3.05, 3.63) is 93.3 Å². The van der Waals surface area contributed by atoms with Gasteiger partial charge in [0.05, 0.1) is 34.1 Å². The van der Waals surface area contributed by atoms with Gasteiger partial charge in [-0.1, -0.05) is 59.1 Å². The minimum absolute atomic E-state index is 0.240. The molecule has 2 aromatic carbocycles. The molecule has 3 heterocycles. The van der Waals surface area contributed by atoms with Gasteiger partial charge in [-0.3, -0.25) is 0 Å². The second-order valence-corrected chi connectivity index (χ2v) is 8.64. The fourth-order valence-electron chi connectivity index (χ4n) is 4.21. The van der Waals surface area contributed by atoms with Gasteiger partial charge in [0.15, 0.2) is 11.7 Å². The standard InChI is InChI=1S/C25H22Cl2N4O/c1-4-32-21-8-6-5-7-19(21)23-22-16(3)29-31(18-11-9-15(2)10-12-18)25(22)28-24-20(27)13-17(26)14-30(23)24/h5-14,23H,4H2,1-3H3/t23-/m1/s1.